The summed E-state index contributed by atoms with van der Waals surface area (Å²) in [5.41, 5.74) is 1.31. The third kappa shape index (κ3) is 3.63. The van der Waals surface area contributed by atoms with Gasteiger partial charge in [-0.1, -0.05) is 32.4 Å². The van der Waals surface area contributed by atoms with Crippen molar-refractivity contribution in [3.8, 4) is 0 Å². The van der Waals surface area contributed by atoms with Gasteiger partial charge >= 0.3 is 0 Å². The number of fused-ring (bicyclic) bond motifs is 1. The molecule has 138 valence electrons. The first kappa shape index (κ1) is 18.5. The van der Waals surface area contributed by atoms with Gasteiger partial charge in [0.05, 0.1) is 10.6 Å². The van der Waals surface area contributed by atoms with Gasteiger partial charge in [0, 0.05) is 10.9 Å². The van der Waals surface area contributed by atoms with E-state index >= 15 is 0 Å². The highest BCUT2D eigenvalue weighted by atomic mass is 32.2. The van der Waals surface area contributed by atoms with E-state index in [1.807, 2.05) is 26.2 Å². The molecule has 2 atom stereocenters. The predicted molar refractivity (Wildman–Crippen MR) is 102 cm³/mol. The molecule has 1 aromatic heterocycles. The van der Waals surface area contributed by atoms with E-state index in [1.54, 1.807) is 18.2 Å². The zero-order valence-corrected chi connectivity index (χ0v) is 16.3. The molecule has 0 unspecified atom stereocenters. The average Bonchev–Trinajstić information content (AvgIpc) is 3.13. The Labute approximate surface area is 156 Å². The van der Waals surface area contributed by atoms with Crippen molar-refractivity contribution in [2.45, 2.75) is 38.1 Å². The standard InChI is InChI=1S/C17H20N4O3S2/c1-4-10(2)14(16(22)20-17-18-11(3)9-25-17)19-15-12-7-5-6-8-13(12)26(23,24)21-15/h5-10,14H,4H2,1-3H3,(H,19,21)(H,18,20,22)/t10-,14+/m0/s1. The number of aromatic nitrogens is 1. The number of amidine groups is 1. The predicted octanol–water partition coefficient (Wildman–Crippen LogP) is 2.54. The molecular weight excluding hydrogens is 372 g/mol. The lowest BCUT2D eigenvalue weighted by atomic mass is 9.99. The largest absolute Gasteiger partial charge is 0.300 e. The summed E-state index contributed by atoms with van der Waals surface area (Å²) in [5.74, 6) is -0.165. The number of amides is 1. The Morgan fingerprint density at radius 2 is 2.12 bits per heavy atom. The molecule has 2 heterocycles. The summed E-state index contributed by atoms with van der Waals surface area (Å²) in [6.45, 7) is 5.73. The second kappa shape index (κ2) is 7.16. The number of nitrogens with one attached hydrogen (secondary N) is 2. The minimum atomic E-state index is -3.64. The quantitative estimate of drug-likeness (QED) is 0.816. The molecule has 3 rings (SSSR count). The summed E-state index contributed by atoms with van der Waals surface area (Å²) in [7, 11) is -3.64. The number of hydrogen-bond donors (Lipinski definition) is 2. The van der Waals surface area contributed by atoms with E-state index in [9.17, 15) is 13.2 Å². The van der Waals surface area contributed by atoms with Crippen LogP contribution >= 0.6 is 11.3 Å². The summed E-state index contributed by atoms with van der Waals surface area (Å²) in [5, 5.41) is 5.14. The van der Waals surface area contributed by atoms with Gasteiger partial charge in [-0.25, -0.2) is 13.4 Å². The molecule has 26 heavy (non-hydrogen) atoms. The molecular formula is C17H20N4O3S2. The Balaban J connectivity index is 1.94. The zero-order valence-electron chi connectivity index (χ0n) is 14.7. The highest BCUT2D eigenvalue weighted by Crippen LogP contribution is 2.24. The highest BCUT2D eigenvalue weighted by molar-refractivity contribution is 7.90. The summed E-state index contributed by atoms with van der Waals surface area (Å²) >= 11 is 1.34. The SMILES string of the molecule is CC[C@H](C)[C@@H](N=C1NS(=O)(=O)c2ccccc21)C(=O)Nc1nc(C)cs1. The van der Waals surface area contributed by atoms with Crippen molar-refractivity contribution in [1.82, 2.24) is 9.71 Å². The van der Waals surface area contributed by atoms with Crippen molar-refractivity contribution < 1.29 is 13.2 Å². The lowest BCUT2D eigenvalue weighted by Crippen LogP contribution is -2.34. The molecule has 0 fully saturated rings. The molecule has 1 aliphatic rings. The molecule has 1 aliphatic heterocycles. The van der Waals surface area contributed by atoms with Crippen molar-refractivity contribution in [3.63, 3.8) is 0 Å². The molecule has 1 aromatic carbocycles. The molecule has 0 bridgehead atoms. The van der Waals surface area contributed by atoms with E-state index in [2.05, 4.69) is 20.0 Å². The van der Waals surface area contributed by atoms with Gasteiger partial charge in [0.25, 0.3) is 15.9 Å². The lowest BCUT2D eigenvalue weighted by Gasteiger charge is -2.18. The van der Waals surface area contributed by atoms with E-state index in [0.29, 0.717) is 10.7 Å². The summed E-state index contributed by atoms with van der Waals surface area (Å²) in [6, 6.07) is 5.88. The number of benzene rings is 1. The molecule has 0 saturated carbocycles. The van der Waals surface area contributed by atoms with Crippen LogP contribution in [-0.2, 0) is 14.8 Å². The van der Waals surface area contributed by atoms with Crippen molar-refractivity contribution in [2.75, 3.05) is 5.32 Å². The summed E-state index contributed by atoms with van der Waals surface area (Å²) < 4.78 is 27.0. The van der Waals surface area contributed by atoms with Crippen molar-refractivity contribution in [3.05, 3.63) is 40.9 Å². The van der Waals surface area contributed by atoms with E-state index in [0.717, 1.165) is 12.1 Å². The highest BCUT2D eigenvalue weighted by Gasteiger charge is 2.33. The van der Waals surface area contributed by atoms with E-state index in [4.69, 9.17) is 0 Å². The number of carbonyl (C=O) groups is 1. The minimum absolute atomic E-state index is 0.0687. The third-order valence-electron chi connectivity index (χ3n) is 4.23. The number of aliphatic imine (C=N–C) groups is 1. The molecule has 9 heteroatoms. The van der Waals surface area contributed by atoms with E-state index in [1.165, 1.54) is 17.4 Å². The Morgan fingerprint density at radius 3 is 2.77 bits per heavy atom. The fourth-order valence-corrected chi connectivity index (χ4v) is 4.56. The number of carbonyl (C=O) groups excluding carboxylic acids is 1. The van der Waals surface area contributed by atoms with Gasteiger partial charge in [-0.3, -0.25) is 14.5 Å². The van der Waals surface area contributed by atoms with Crippen LogP contribution in [0.15, 0.2) is 39.5 Å². The summed E-state index contributed by atoms with van der Waals surface area (Å²) in [4.78, 5) is 21.6. The van der Waals surface area contributed by atoms with Crippen LogP contribution < -0.4 is 10.0 Å². The number of hydrogen-bond acceptors (Lipinski definition) is 6. The third-order valence-corrected chi connectivity index (χ3v) is 6.50. The van der Waals surface area contributed by atoms with Crippen LogP contribution in [0, 0.1) is 12.8 Å². The maximum absolute atomic E-state index is 12.8. The molecule has 0 spiro atoms. The van der Waals surface area contributed by atoms with Gasteiger partial charge in [-0.2, -0.15) is 0 Å². The molecule has 1 amide bonds. The van der Waals surface area contributed by atoms with Crippen LogP contribution in [0.1, 0.15) is 31.5 Å². The van der Waals surface area contributed by atoms with Crippen LogP contribution in [0.25, 0.3) is 0 Å². The Kier molecular flexibility index (Phi) is 5.10. The van der Waals surface area contributed by atoms with E-state index < -0.39 is 16.1 Å². The van der Waals surface area contributed by atoms with Gasteiger partial charge in [-0.15, -0.1) is 11.3 Å². The minimum Gasteiger partial charge on any atom is -0.300 e. The lowest BCUT2D eigenvalue weighted by molar-refractivity contribution is -0.118. The van der Waals surface area contributed by atoms with Gasteiger partial charge in [-0.05, 0) is 25.0 Å². The first-order chi connectivity index (χ1) is 12.3. The van der Waals surface area contributed by atoms with Crippen LogP contribution in [-0.4, -0.2) is 31.2 Å². The normalized spacial score (nSPS) is 18.8. The molecule has 0 saturated heterocycles. The molecule has 2 N–H and O–H groups in total. The Morgan fingerprint density at radius 1 is 1.38 bits per heavy atom. The molecule has 0 radical (unpaired) electrons. The van der Waals surface area contributed by atoms with Crippen LogP contribution in [0.3, 0.4) is 0 Å². The number of sulfonamides is 1. The van der Waals surface area contributed by atoms with Crippen LogP contribution in [0.5, 0.6) is 0 Å². The summed E-state index contributed by atoms with van der Waals surface area (Å²) in [6.07, 6.45) is 0.722. The van der Waals surface area contributed by atoms with Crippen LogP contribution in [0.4, 0.5) is 5.13 Å². The number of nitrogens with zero attached hydrogens (tertiary/aromatic N) is 2. The van der Waals surface area contributed by atoms with Crippen LogP contribution in [0.2, 0.25) is 0 Å². The first-order valence-electron chi connectivity index (χ1n) is 8.25. The Hall–Kier alpha value is -2.26. The number of rotatable bonds is 5. The molecule has 2 aromatic rings. The van der Waals surface area contributed by atoms with E-state index in [-0.39, 0.29) is 22.6 Å². The second-order valence-corrected chi connectivity index (χ2v) is 8.70. The number of aryl methyl sites for hydroxylation is 1. The molecule has 7 nitrogen and oxygen atoms in total. The average molecular weight is 393 g/mol. The topological polar surface area (TPSA) is 101 Å². The smallest absolute Gasteiger partial charge is 0.263 e. The Bertz CT molecular complexity index is 966. The maximum Gasteiger partial charge on any atom is 0.263 e. The second-order valence-electron chi connectivity index (χ2n) is 6.19. The van der Waals surface area contributed by atoms with Gasteiger partial charge in [0.2, 0.25) is 0 Å². The fraction of sp³-hybridized carbons (Fsp3) is 0.353. The van der Waals surface area contributed by atoms with Crippen molar-refractivity contribution >= 4 is 38.2 Å². The fourth-order valence-electron chi connectivity index (χ4n) is 2.63. The first-order valence-corrected chi connectivity index (χ1v) is 10.6. The number of thiazole rings is 1. The van der Waals surface area contributed by atoms with Crippen molar-refractivity contribution in [1.29, 1.82) is 0 Å². The maximum atomic E-state index is 12.8. The van der Waals surface area contributed by atoms with Gasteiger partial charge in [0.15, 0.2) is 5.13 Å². The zero-order chi connectivity index (χ0) is 18.9. The van der Waals surface area contributed by atoms with Gasteiger partial charge in [0.1, 0.15) is 11.9 Å². The number of anilines is 1. The van der Waals surface area contributed by atoms with Crippen molar-refractivity contribution in [2.24, 2.45) is 10.9 Å². The van der Waals surface area contributed by atoms with Gasteiger partial charge < -0.3 is 5.32 Å². The molecule has 0 aliphatic carbocycles. The monoisotopic (exact) mass is 392 g/mol.